The standard InChI is InChI=1S/C37H42ClN5O6S/c1-40(2)35(44)33-9-7-21-42(33)37(30-16-13-28(24-34(30)48-3)49-22-8-20-41-18-5-4-6-19-41)31-23-27(38)12-17-32(31)43(36(37)45)50(46,47)29-14-10-26(25-39)11-15-29/h10-17,23-24,33H,4-9,18-22H2,1-3H3/t33?,37-/m1/s1. The largest absolute Gasteiger partial charge is 0.496 e. The third kappa shape index (κ3) is 6.32. The molecule has 3 aliphatic rings. The number of carbonyl (C=O) groups excluding carboxylic acids is 2. The minimum Gasteiger partial charge on any atom is -0.496 e. The molecule has 0 aromatic heterocycles. The molecule has 3 aromatic carbocycles. The molecule has 13 heteroatoms. The molecule has 0 spiro atoms. The number of carbonyl (C=O) groups is 2. The highest BCUT2D eigenvalue weighted by Gasteiger charge is 2.63. The van der Waals surface area contributed by atoms with Gasteiger partial charge in [-0.1, -0.05) is 18.0 Å². The van der Waals surface area contributed by atoms with Crippen LogP contribution in [0.3, 0.4) is 0 Å². The van der Waals surface area contributed by atoms with Gasteiger partial charge in [-0.3, -0.25) is 14.5 Å². The van der Waals surface area contributed by atoms with E-state index >= 15 is 4.79 Å². The predicted molar refractivity (Wildman–Crippen MR) is 190 cm³/mol. The lowest BCUT2D eigenvalue weighted by Gasteiger charge is -2.42. The fraction of sp³-hybridized carbons (Fsp3) is 0.432. The van der Waals surface area contributed by atoms with Crippen LogP contribution in [0.5, 0.6) is 11.5 Å². The van der Waals surface area contributed by atoms with Gasteiger partial charge in [-0.05, 0) is 99.8 Å². The van der Waals surface area contributed by atoms with Crippen LogP contribution in [-0.2, 0) is 25.2 Å². The smallest absolute Gasteiger partial charge is 0.271 e. The summed E-state index contributed by atoms with van der Waals surface area (Å²) in [5.41, 5.74) is -0.736. The molecule has 0 radical (unpaired) electrons. The number of amides is 2. The number of likely N-dealkylation sites (N-methyl/N-ethyl adjacent to an activating group) is 1. The minimum absolute atomic E-state index is 0.117. The van der Waals surface area contributed by atoms with Crippen LogP contribution in [0, 0.1) is 11.3 Å². The Labute approximate surface area is 299 Å². The molecule has 2 fully saturated rings. The number of ether oxygens (including phenoxy) is 2. The number of sulfonamides is 1. The number of nitriles is 1. The van der Waals surface area contributed by atoms with Gasteiger partial charge in [-0.15, -0.1) is 0 Å². The summed E-state index contributed by atoms with van der Waals surface area (Å²) >= 11 is 6.62. The van der Waals surface area contributed by atoms with Crippen molar-refractivity contribution < 1.29 is 27.5 Å². The quantitative estimate of drug-likeness (QED) is 0.252. The molecule has 264 valence electrons. The molecule has 2 atom stereocenters. The zero-order valence-corrected chi connectivity index (χ0v) is 30.2. The fourth-order valence-corrected chi connectivity index (χ4v) is 9.16. The molecule has 1 unspecified atom stereocenters. The Morgan fingerprint density at radius 3 is 2.42 bits per heavy atom. The maximum atomic E-state index is 15.4. The molecule has 6 rings (SSSR count). The Hall–Kier alpha value is -4.15. The van der Waals surface area contributed by atoms with Gasteiger partial charge < -0.3 is 19.3 Å². The number of methoxy groups -OCH3 is 1. The average Bonchev–Trinajstić information content (AvgIpc) is 3.71. The Morgan fingerprint density at radius 2 is 1.74 bits per heavy atom. The summed E-state index contributed by atoms with van der Waals surface area (Å²) in [4.78, 5) is 34.7. The summed E-state index contributed by atoms with van der Waals surface area (Å²) < 4.78 is 41.8. The van der Waals surface area contributed by atoms with Crippen molar-refractivity contribution in [3.05, 3.63) is 82.4 Å². The van der Waals surface area contributed by atoms with Crippen molar-refractivity contribution in [2.45, 2.75) is 55.0 Å². The molecule has 3 aromatic rings. The Morgan fingerprint density at radius 1 is 1.00 bits per heavy atom. The van der Waals surface area contributed by atoms with E-state index in [1.54, 1.807) is 43.3 Å². The number of benzene rings is 3. The molecular weight excluding hydrogens is 678 g/mol. The number of hydrogen-bond donors (Lipinski definition) is 0. The van der Waals surface area contributed by atoms with Gasteiger partial charge in [0.25, 0.3) is 15.9 Å². The van der Waals surface area contributed by atoms with Crippen molar-refractivity contribution in [1.29, 1.82) is 5.26 Å². The summed E-state index contributed by atoms with van der Waals surface area (Å²) in [6.07, 6.45) is 5.63. The predicted octanol–water partition coefficient (Wildman–Crippen LogP) is 5.01. The van der Waals surface area contributed by atoms with Crippen molar-refractivity contribution >= 4 is 39.1 Å². The van der Waals surface area contributed by atoms with E-state index in [-0.39, 0.29) is 22.1 Å². The molecule has 0 bridgehead atoms. The summed E-state index contributed by atoms with van der Waals surface area (Å²) in [6, 6.07) is 16.5. The zero-order valence-electron chi connectivity index (χ0n) is 28.6. The first kappa shape index (κ1) is 35.7. The molecule has 0 saturated carbocycles. The second kappa shape index (κ2) is 14.6. The molecule has 50 heavy (non-hydrogen) atoms. The van der Waals surface area contributed by atoms with E-state index < -0.39 is 27.5 Å². The Balaban J connectivity index is 1.48. The third-order valence-electron chi connectivity index (χ3n) is 9.89. The maximum Gasteiger partial charge on any atom is 0.271 e. The molecule has 0 aliphatic carbocycles. The highest BCUT2D eigenvalue weighted by Crippen LogP contribution is 2.55. The normalized spacial score (nSPS) is 21.1. The van der Waals surface area contributed by atoms with Crippen LogP contribution in [0.4, 0.5) is 5.69 Å². The first-order valence-electron chi connectivity index (χ1n) is 17.0. The molecule has 3 heterocycles. The van der Waals surface area contributed by atoms with Gasteiger partial charge in [-0.25, -0.2) is 12.7 Å². The van der Waals surface area contributed by atoms with E-state index in [1.165, 1.54) is 67.7 Å². The number of rotatable bonds is 11. The van der Waals surface area contributed by atoms with Gasteiger partial charge in [-0.2, -0.15) is 5.26 Å². The Kier molecular flexibility index (Phi) is 10.4. The van der Waals surface area contributed by atoms with Crippen LogP contribution in [0.1, 0.15) is 55.2 Å². The lowest BCUT2D eigenvalue weighted by molar-refractivity contribution is -0.138. The molecule has 11 nitrogen and oxygen atoms in total. The van der Waals surface area contributed by atoms with E-state index in [0.29, 0.717) is 53.6 Å². The first-order chi connectivity index (χ1) is 24.0. The summed E-state index contributed by atoms with van der Waals surface area (Å²) in [7, 11) is 0.293. The van der Waals surface area contributed by atoms with E-state index in [0.717, 1.165) is 30.4 Å². The number of anilines is 1. The van der Waals surface area contributed by atoms with Crippen molar-refractivity contribution in [2.24, 2.45) is 0 Å². The second-order valence-electron chi connectivity index (χ2n) is 13.1. The molecular formula is C37H42ClN5O6S. The average molecular weight is 720 g/mol. The maximum absolute atomic E-state index is 15.4. The van der Waals surface area contributed by atoms with Gasteiger partial charge in [0.15, 0.2) is 5.54 Å². The number of nitrogens with zero attached hydrogens (tertiary/aromatic N) is 5. The van der Waals surface area contributed by atoms with Gasteiger partial charge in [0.1, 0.15) is 11.5 Å². The van der Waals surface area contributed by atoms with E-state index in [2.05, 4.69) is 4.90 Å². The number of hydrogen-bond acceptors (Lipinski definition) is 9. The van der Waals surface area contributed by atoms with Crippen LogP contribution in [0.2, 0.25) is 5.02 Å². The highest BCUT2D eigenvalue weighted by atomic mass is 35.5. The summed E-state index contributed by atoms with van der Waals surface area (Å²) in [6.45, 7) is 3.98. The summed E-state index contributed by atoms with van der Waals surface area (Å²) in [5.74, 6) is -0.149. The number of piperidine rings is 1. The highest BCUT2D eigenvalue weighted by molar-refractivity contribution is 7.93. The second-order valence-corrected chi connectivity index (χ2v) is 15.4. The number of likely N-dealkylation sites (tertiary alicyclic amines) is 2. The number of halogens is 1. The minimum atomic E-state index is -4.51. The van der Waals surface area contributed by atoms with Gasteiger partial charge in [0.2, 0.25) is 5.91 Å². The monoisotopic (exact) mass is 719 g/mol. The van der Waals surface area contributed by atoms with E-state index in [1.807, 2.05) is 6.07 Å². The topological polar surface area (TPSA) is 123 Å². The van der Waals surface area contributed by atoms with Crippen LogP contribution in [-0.4, -0.2) is 95.0 Å². The Bertz CT molecular complexity index is 1910. The van der Waals surface area contributed by atoms with E-state index in [4.69, 9.17) is 21.1 Å². The molecule has 2 saturated heterocycles. The van der Waals surface area contributed by atoms with Crippen molar-refractivity contribution in [3.63, 3.8) is 0 Å². The first-order valence-corrected chi connectivity index (χ1v) is 18.8. The summed E-state index contributed by atoms with van der Waals surface area (Å²) in [5, 5.41) is 9.61. The molecule has 3 aliphatic heterocycles. The lowest BCUT2D eigenvalue weighted by Crippen LogP contribution is -2.59. The van der Waals surface area contributed by atoms with Crippen LogP contribution in [0.25, 0.3) is 0 Å². The fourth-order valence-electron chi connectivity index (χ4n) is 7.53. The number of fused-ring (bicyclic) bond motifs is 1. The van der Waals surface area contributed by atoms with Crippen LogP contribution >= 0.6 is 11.6 Å². The van der Waals surface area contributed by atoms with Crippen molar-refractivity contribution in [2.75, 3.05) is 58.3 Å². The van der Waals surface area contributed by atoms with Crippen LogP contribution < -0.4 is 13.8 Å². The van der Waals surface area contributed by atoms with Gasteiger partial charge in [0, 0.05) is 49.4 Å². The lowest BCUT2D eigenvalue weighted by atomic mass is 9.80. The van der Waals surface area contributed by atoms with Crippen LogP contribution in [0.15, 0.2) is 65.6 Å². The van der Waals surface area contributed by atoms with Crippen molar-refractivity contribution in [1.82, 2.24) is 14.7 Å². The third-order valence-corrected chi connectivity index (χ3v) is 11.8. The van der Waals surface area contributed by atoms with Gasteiger partial charge >= 0.3 is 0 Å². The molecule has 2 amide bonds. The van der Waals surface area contributed by atoms with Gasteiger partial charge in [0.05, 0.1) is 42.0 Å². The zero-order chi connectivity index (χ0) is 35.6. The SMILES string of the molecule is COc1cc(OCCCN2CCCCC2)ccc1[C@]1(N2CCCC2C(=O)N(C)C)C(=O)N(S(=O)(=O)c2ccc(C#N)cc2)c2ccc(Cl)cc21. The van der Waals surface area contributed by atoms with Crippen molar-refractivity contribution in [3.8, 4) is 17.6 Å². The molecule has 0 N–H and O–H groups in total. The van der Waals surface area contributed by atoms with E-state index in [9.17, 15) is 18.5 Å².